The first-order valence-electron chi connectivity index (χ1n) is 5.84. The van der Waals surface area contributed by atoms with Crippen molar-refractivity contribution in [1.29, 1.82) is 0 Å². The molecule has 0 saturated carbocycles. The smallest absolute Gasteiger partial charge is 0.323 e. The SMILES string of the molecule is CC(C)CN(CC(=O)O)C(=O)N1CCSCC1. The number of aliphatic carboxylic acids is 1. The zero-order valence-electron chi connectivity index (χ0n) is 10.4. The number of nitrogens with zero attached hydrogens (tertiary/aromatic N) is 2. The summed E-state index contributed by atoms with van der Waals surface area (Å²) in [7, 11) is 0. The minimum atomic E-state index is -0.953. The van der Waals surface area contributed by atoms with Gasteiger partial charge in [0, 0.05) is 31.1 Å². The summed E-state index contributed by atoms with van der Waals surface area (Å²) < 4.78 is 0. The van der Waals surface area contributed by atoms with Crippen LogP contribution in [0.15, 0.2) is 0 Å². The van der Waals surface area contributed by atoms with Crippen LogP contribution in [0.25, 0.3) is 0 Å². The average Bonchev–Trinajstić information content (AvgIpc) is 2.27. The number of carboxylic acid groups (broad SMARTS) is 1. The fourth-order valence-corrected chi connectivity index (χ4v) is 2.67. The molecule has 0 radical (unpaired) electrons. The fraction of sp³-hybridized carbons (Fsp3) is 0.818. The lowest BCUT2D eigenvalue weighted by Crippen LogP contribution is -2.49. The molecule has 1 saturated heterocycles. The fourth-order valence-electron chi connectivity index (χ4n) is 1.77. The largest absolute Gasteiger partial charge is 0.480 e. The molecule has 1 aliphatic heterocycles. The first kappa shape index (κ1) is 14.2. The molecule has 1 aliphatic rings. The quantitative estimate of drug-likeness (QED) is 0.825. The van der Waals surface area contributed by atoms with Gasteiger partial charge in [0.25, 0.3) is 0 Å². The van der Waals surface area contributed by atoms with Gasteiger partial charge in [-0.1, -0.05) is 13.8 Å². The highest BCUT2D eigenvalue weighted by molar-refractivity contribution is 7.99. The van der Waals surface area contributed by atoms with Crippen molar-refractivity contribution in [2.45, 2.75) is 13.8 Å². The van der Waals surface area contributed by atoms with E-state index in [1.165, 1.54) is 4.90 Å². The van der Waals surface area contributed by atoms with Gasteiger partial charge in [-0.3, -0.25) is 4.79 Å². The summed E-state index contributed by atoms with van der Waals surface area (Å²) in [6, 6.07) is -0.138. The number of amides is 2. The van der Waals surface area contributed by atoms with Crippen molar-refractivity contribution in [3.63, 3.8) is 0 Å². The van der Waals surface area contributed by atoms with Gasteiger partial charge in [0.05, 0.1) is 0 Å². The van der Waals surface area contributed by atoms with Gasteiger partial charge in [-0.25, -0.2) is 4.79 Å². The molecule has 0 aromatic carbocycles. The monoisotopic (exact) mass is 260 g/mol. The molecule has 1 rings (SSSR count). The molecule has 0 atom stereocenters. The Morgan fingerprint density at radius 1 is 1.35 bits per heavy atom. The number of carboxylic acids is 1. The van der Waals surface area contributed by atoms with E-state index in [-0.39, 0.29) is 18.5 Å². The van der Waals surface area contributed by atoms with E-state index in [9.17, 15) is 9.59 Å². The highest BCUT2D eigenvalue weighted by Gasteiger charge is 2.24. The van der Waals surface area contributed by atoms with Crippen LogP contribution in [0.5, 0.6) is 0 Å². The van der Waals surface area contributed by atoms with Crippen LogP contribution >= 0.6 is 11.8 Å². The predicted molar refractivity (Wildman–Crippen MR) is 68.3 cm³/mol. The van der Waals surface area contributed by atoms with Crippen LogP contribution in [0, 0.1) is 5.92 Å². The number of hydrogen-bond acceptors (Lipinski definition) is 3. The van der Waals surface area contributed by atoms with E-state index in [0.29, 0.717) is 6.54 Å². The molecule has 1 fully saturated rings. The molecule has 98 valence electrons. The summed E-state index contributed by atoms with van der Waals surface area (Å²) in [4.78, 5) is 26.1. The van der Waals surface area contributed by atoms with Crippen LogP contribution in [-0.4, -0.2) is 64.6 Å². The highest BCUT2D eigenvalue weighted by Crippen LogP contribution is 2.12. The molecule has 0 aromatic rings. The average molecular weight is 260 g/mol. The first-order chi connectivity index (χ1) is 8.00. The number of carbonyl (C=O) groups excluding carboxylic acids is 1. The molecule has 1 N–H and O–H groups in total. The Labute approximate surface area is 106 Å². The lowest BCUT2D eigenvalue weighted by Gasteiger charge is -2.32. The van der Waals surface area contributed by atoms with Crippen molar-refractivity contribution in [3.8, 4) is 0 Å². The molecule has 17 heavy (non-hydrogen) atoms. The number of rotatable bonds is 4. The van der Waals surface area contributed by atoms with Crippen molar-refractivity contribution < 1.29 is 14.7 Å². The topological polar surface area (TPSA) is 60.9 Å². The normalized spacial score (nSPS) is 16.1. The lowest BCUT2D eigenvalue weighted by molar-refractivity contribution is -0.137. The van der Waals surface area contributed by atoms with Gasteiger partial charge in [0.1, 0.15) is 6.54 Å². The Bertz CT molecular complexity index is 278. The second-order valence-electron chi connectivity index (χ2n) is 4.55. The Morgan fingerprint density at radius 3 is 2.41 bits per heavy atom. The predicted octanol–water partition coefficient (Wildman–Crippen LogP) is 1.20. The van der Waals surface area contributed by atoms with Gasteiger partial charge in [0.2, 0.25) is 0 Å². The zero-order chi connectivity index (χ0) is 12.8. The third-order valence-electron chi connectivity index (χ3n) is 2.46. The molecule has 1 heterocycles. The maximum absolute atomic E-state index is 12.1. The number of thioether (sulfide) groups is 1. The van der Waals surface area contributed by atoms with E-state index in [2.05, 4.69) is 0 Å². The van der Waals surface area contributed by atoms with Crippen LogP contribution in [0.4, 0.5) is 4.79 Å². The minimum absolute atomic E-state index is 0.138. The molecule has 0 aliphatic carbocycles. The van der Waals surface area contributed by atoms with E-state index in [4.69, 9.17) is 5.11 Å². The Balaban J connectivity index is 2.60. The van der Waals surface area contributed by atoms with Gasteiger partial charge in [-0.2, -0.15) is 11.8 Å². The summed E-state index contributed by atoms with van der Waals surface area (Å²) in [6.07, 6.45) is 0. The van der Waals surface area contributed by atoms with E-state index in [1.54, 1.807) is 4.90 Å². The summed E-state index contributed by atoms with van der Waals surface area (Å²) >= 11 is 1.83. The Morgan fingerprint density at radius 2 is 1.94 bits per heavy atom. The Hall–Kier alpha value is -0.910. The third-order valence-corrected chi connectivity index (χ3v) is 3.41. The van der Waals surface area contributed by atoms with Crippen LogP contribution in [0.1, 0.15) is 13.8 Å². The maximum atomic E-state index is 12.1. The molecule has 0 bridgehead atoms. The third kappa shape index (κ3) is 4.85. The van der Waals surface area contributed by atoms with Crippen molar-refractivity contribution in [2.24, 2.45) is 5.92 Å². The number of urea groups is 1. The molecule has 0 unspecified atom stereocenters. The van der Waals surface area contributed by atoms with E-state index in [0.717, 1.165) is 24.6 Å². The standard InChI is InChI=1S/C11H20N2O3S/c1-9(2)7-13(8-10(14)15)11(16)12-3-5-17-6-4-12/h9H,3-8H2,1-2H3,(H,14,15). The van der Waals surface area contributed by atoms with Crippen molar-refractivity contribution in [3.05, 3.63) is 0 Å². The Kier molecular flexibility index (Phi) is 5.61. The zero-order valence-corrected chi connectivity index (χ0v) is 11.2. The summed E-state index contributed by atoms with van der Waals surface area (Å²) in [5.41, 5.74) is 0. The second-order valence-corrected chi connectivity index (χ2v) is 5.77. The summed E-state index contributed by atoms with van der Waals surface area (Å²) in [6.45, 7) is 5.69. The summed E-state index contributed by atoms with van der Waals surface area (Å²) in [5.74, 6) is 1.20. The first-order valence-corrected chi connectivity index (χ1v) is 6.99. The highest BCUT2D eigenvalue weighted by atomic mass is 32.2. The van der Waals surface area contributed by atoms with Crippen molar-refractivity contribution in [2.75, 3.05) is 37.7 Å². The molecular weight excluding hydrogens is 240 g/mol. The molecule has 6 heteroatoms. The van der Waals surface area contributed by atoms with Crippen LogP contribution in [-0.2, 0) is 4.79 Å². The molecular formula is C11H20N2O3S. The van der Waals surface area contributed by atoms with E-state index in [1.807, 2.05) is 25.6 Å². The van der Waals surface area contributed by atoms with Gasteiger partial charge >= 0.3 is 12.0 Å². The van der Waals surface area contributed by atoms with Gasteiger partial charge in [0.15, 0.2) is 0 Å². The minimum Gasteiger partial charge on any atom is -0.480 e. The molecule has 2 amide bonds. The van der Waals surface area contributed by atoms with Crippen LogP contribution in [0.2, 0.25) is 0 Å². The van der Waals surface area contributed by atoms with E-state index < -0.39 is 5.97 Å². The van der Waals surface area contributed by atoms with Gasteiger partial charge in [-0.15, -0.1) is 0 Å². The molecule has 5 nitrogen and oxygen atoms in total. The molecule has 0 spiro atoms. The van der Waals surface area contributed by atoms with Gasteiger partial charge < -0.3 is 14.9 Å². The maximum Gasteiger partial charge on any atom is 0.323 e. The number of carbonyl (C=O) groups is 2. The lowest BCUT2D eigenvalue weighted by atomic mass is 10.2. The second kappa shape index (κ2) is 6.74. The van der Waals surface area contributed by atoms with Crippen LogP contribution < -0.4 is 0 Å². The van der Waals surface area contributed by atoms with E-state index >= 15 is 0 Å². The summed E-state index contributed by atoms with van der Waals surface area (Å²) in [5, 5.41) is 8.83. The molecule has 0 aromatic heterocycles. The van der Waals surface area contributed by atoms with Crippen molar-refractivity contribution in [1.82, 2.24) is 9.80 Å². The van der Waals surface area contributed by atoms with Crippen molar-refractivity contribution >= 4 is 23.8 Å². The number of hydrogen-bond donors (Lipinski definition) is 1. The van der Waals surface area contributed by atoms with Crippen LogP contribution in [0.3, 0.4) is 0 Å². The van der Waals surface area contributed by atoms with Gasteiger partial charge in [-0.05, 0) is 5.92 Å².